The Bertz CT molecular complexity index is 1360. The molecule has 5 rings (SSSR count). The van der Waals surface area contributed by atoms with Gasteiger partial charge in [0.2, 0.25) is 0 Å². The van der Waals surface area contributed by atoms with Gasteiger partial charge in [0, 0.05) is 34.7 Å². The van der Waals surface area contributed by atoms with Gasteiger partial charge in [-0.2, -0.15) is 0 Å². The van der Waals surface area contributed by atoms with E-state index in [1.54, 1.807) is 0 Å². The van der Waals surface area contributed by atoms with E-state index in [9.17, 15) is 4.79 Å². The Labute approximate surface area is 210 Å². The van der Waals surface area contributed by atoms with Gasteiger partial charge in [0.15, 0.2) is 12.4 Å². The summed E-state index contributed by atoms with van der Waals surface area (Å²) in [5.41, 5.74) is 5.50. The molecule has 4 aromatic rings. The fourth-order valence-electron chi connectivity index (χ4n) is 4.00. The van der Waals surface area contributed by atoms with Crippen LogP contribution in [0.2, 0.25) is 0 Å². The zero-order valence-electron chi connectivity index (χ0n) is 20.6. The predicted molar refractivity (Wildman–Crippen MR) is 139 cm³/mol. The molecule has 2 aromatic heterocycles. The van der Waals surface area contributed by atoms with Crippen LogP contribution < -0.4 is 15.4 Å². The maximum absolute atomic E-state index is 12.1. The minimum absolute atomic E-state index is 0.0643. The molecule has 0 unspecified atom stereocenters. The number of benzene rings is 2. The first-order chi connectivity index (χ1) is 17.3. The van der Waals surface area contributed by atoms with Crippen LogP contribution in [0.4, 0.5) is 11.5 Å². The largest absolute Gasteiger partial charge is 0.484 e. The molecule has 0 bridgehead atoms. The second kappa shape index (κ2) is 9.83. The molecule has 8 heteroatoms. The highest BCUT2D eigenvalue weighted by Crippen LogP contribution is 2.31. The summed E-state index contributed by atoms with van der Waals surface area (Å²) < 4.78 is 11.4. The Morgan fingerprint density at radius 1 is 1.03 bits per heavy atom. The average molecular weight is 484 g/mol. The molecule has 0 saturated carbocycles. The van der Waals surface area contributed by atoms with E-state index in [4.69, 9.17) is 19.4 Å². The van der Waals surface area contributed by atoms with E-state index in [0.717, 1.165) is 39.5 Å². The summed E-state index contributed by atoms with van der Waals surface area (Å²) in [5, 5.41) is 6.33. The summed E-state index contributed by atoms with van der Waals surface area (Å²) in [6.07, 6.45) is 3.88. The molecular weight excluding hydrogens is 454 g/mol. The number of hydrogen-bond donors (Lipinski definition) is 3. The first kappa shape index (κ1) is 23.6. The van der Waals surface area contributed by atoms with Crippen molar-refractivity contribution in [3.05, 3.63) is 78.2 Å². The number of aromatic nitrogens is 3. The van der Waals surface area contributed by atoms with Crippen molar-refractivity contribution in [2.45, 2.75) is 39.5 Å². The highest BCUT2D eigenvalue weighted by atomic mass is 16.5. The summed E-state index contributed by atoms with van der Waals surface area (Å²) in [6.45, 7) is 6.64. The van der Waals surface area contributed by atoms with Gasteiger partial charge in [-0.15, -0.1) is 0 Å². The number of H-pyrrole nitrogens is 1. The molecule has 0 atom stereocenters. The van der Waals surface area contributed by atoms with E-state index in [2.05, 4.69) is 27.8 Å². The summed E-state index contributed by atoms with van der Waals surface area (Å²) in [7, 11) is 0. The van der Waals surface area contributed by atoms with Crippen LogP contribution in [0.5, 0.6) is 5.75 Å². The molecule has 3 heterocycles. The van der Waals surface area contributed by atoms with E-state index in [0.29, 0.717) is 24.8 Å². The van der Waals surface area contributed by atoms with Gasteiger partial charge in [0.25, 0.3) is 5.91 Å². The summed E-state index contributed by atoms with van der Waals surface area (Å²) in [5.74, 6) is 1.69. The van der Waals surface area contributed by atoms with E-state index in [-0.39, 0.29) is 18.1 Å². The lowest BCUT2D eigenvalue weighted by atomic mass is 10.1. The van der Waals surface area contributed by atoms with Gasteiger partial charge >= 0.3 is 0 Å². The molecule has 2 aromatic carbocycles. The number of ether oxygens (including phenoxy) is 2. The lowest BCUT2D eigenvalue weighted by molar-refractivity contribution is -0.124. The molecule has 8 nitrogen and oxygen atoms in total. The van der Waals surface area contributed by atoms with Crippen molar-refractivity contribution in [2.75, 3.05) is 11.9 Å². The van der Waals surface area contributed by atoms with Gasteiger partial charge in [0.1, 0.15) is 11.6 Å². The third kappa shape index (κ3) is 5.55. The van der Waals surface area contributed by atoms with Crippen molar-refractivity contribution < 1.29 is 14.3 Å². The SMILES string of the molecule is CC(C)(C)NC(=O)COc1cccc(-c2nc3c(c(Nc4ccc(-c5cc[nH]c5)cc4)n2)COC3)c1. The lowest BCUT2D eigenvalue weighted by Crippen LogP contribution is -2.43. The smallest absolute Gasteiger partial charge is 0.258 e. The maximum atomic E-state index is 12.1. The van der Waals surface area contributed by atoms with Gasteiger partial charge in [0.05, 0.1) is 18.9 Å². The zero-order chi connectivity index (χ0) is 25.1. The van der Waals surface area contributed by atoms with Crippen molar-refractivity contribution in [1.82, 2.24) is 20.3 Å². The van der Waals surface area contributed by atoms with Crippen LogP contribution >= 0.6 is 0 Å². The van der Waals surface area contributed by atoms with Crippen LogP contribution in [0.15, 0.2) is 67.0 Å². The van der Waals surface area contributed by atoms with E-state index in [1.165, 1.54) is 0 Å². The number of amides is 1. The molecule has 0 fully saturated rings. The number of fused-ring (bicyclic) bond motifs is 1. The number of nitrogens with zero attached hydrogens (tertiary/aromatic N) is 2. The van der Waals surface area contributed by atoms with Crippen molar-refractivity contribution in [1.29, 1.82) is 0 Å². The number of rotatable bonds is 7. The Hall–Kier alpha value is -4.17. The van der Waals surface area contributed by atoms with E-state index < -0.39 is 0 Å². The zero-order valence-corrected chi connectivity index (χ0v) is 20.6. The summed E-state index contributed by atoms with van der Waals surface area (Å²) in [6, 6.07) is 17.7. The first-order valence-corrected chi connectivity index (χ1v) is 11.9. The first-order valence-electron chi connectivity index (χ1n) is 11.9. The molecule has 0 spiro atoms. The molecule has 0 radical (unpaired) electrons. The molecule has 36 heavy (non-hydrogen) atoms. The van der Waals surface area contributed by atoms with Crippen LogP contribution in [-0.4, -0.2) is 33.0 Å². The number of hydrogen-bond acceptors (Lipinski definition) is 6. The molecule has 0 saturated heterocycles. The number of aromatic amines is 1. The second-order valence-corrected chi connectivity index (χ2v) is 9.73. The Morgan fingerprint density at radius 2 is 1.86 bits per heavy atom. The van der Waals surface area contributed by atoms with Crippen molar-refractivity contribution >= 4 is 17.4 Å². The molecule has 1 aliphatic heterocycles. The van der Waals surface area contributed by atoms with Crippen LogP contribution in [-0.2, 0) is 22.7 Å². The van der Waals surface area contributed by atoms with Crippen LogP contribution in [0.1, 0.15) is 32.0 Å². The second-order valence-electron chi connectivity index (χ2n) is 9.73. The van der Waals surface area contributed by atoms with Crippen LogP contribution in [0.3, 0.4) is 0 Å². The molecule has 1 aliphatic rings. The van der Waals surface area contributed by atoms with Gasteiger partial charge in [-0.25, -0.2) is 9.97 Å². The molecule has 1 amide bonds. The van der Waals surface area contributed by atoms with E-state index >= 15 is 0 Å². The lowest BCUT2D eigenvalue weighted by Gasteiger charge is -2.20. The fourth-order valence-corrected chi connectivity index (χ4v) is 4.00. The highest BCUT2D eigenvalue weighted by Gasteiger charge is 2.21. The topological polar surface area (TPSA) is 101 Å². The Kier molecular flexibility index (Phi) is 6.43. The quantitative estimate of drug-likeness (QED) is 0.334. The van der Waals surface area contributed by atoms with E-state index in [1.807, 2.05) is 75.6 Å². The third-order valence-electron chi connectivity index (χ3n) is 5.63. The van der Waals surface area contributed by atoms with Crippen molar-refractivity contribution in [2.24, 2.45) is 0 Å². The number of carbonyl (C=O) groups excluding carboxylic acids is 1. The molecular formula is C28H29N5O3. The Morgan fingerprint density at radius 3 is 2.61 bits per heavy atom. The van der Waals surface area contributed by atoms with Crippen molar-refractivity contribution in [3.8, 4) is 28.3 Å². The minimum atomic E-state index is -0.311. The number of anilines is 2. The Balaban J connectivity index is 1.36. The minimum Gasteiger partial charge on any atom is -0.484 e. The molecule has 0 aliphatic carbocycles. The summed E-state index contributed by atoms with van der Waals surface area (Å²) >= 11 is 0. The normalized spacial score (nSPS) is 12.8. The van der Waals surface area contributed by atoms with Gasteiger partial charge < -0.3 is 25.1 Å². The van der Waals surface area contributed by atoms with Crippen molar-refractivity contribution in [3.63, 3.8) is 0 Å². The van der Waals surface area contributed by atoms with Gasteiger partial charge in [-0.05, 0) is 62.2 Å². The highest BCUT2D eigenvalue weighted by molar-refractivity contribution is 5.78. The maximum Gasteiger partial charge on any atom is 0.258 e. The fraction of sp³-hybridized carbons (Fsp3) is 0.250. The monoisotopic (exact) mass is 483 g/mol. The summed E-state index contributed by atoms with van der Waals surface area (Å²) in [4.78, 5) is 24.8. The van der Waals surface area contributed by atoms with Gasteiger partial charge in [-0.3, -0.25) is 4.79 Å². The standard InChI is InChI=1S/C28H29N5O3/c1-28(2,3)33-25(34)17-36-22-6-4-5-19(13-22)26-31-24-16-35-15-23(24)27(32-26)30-21-9-7-18(8-10-21)20-11-12-29-14-20/h4-14,29H,15-17H2,1-3H3,(H,33,34)(H,30,31,32). The molecule has 184 valence electrons. The third-order valence-corrected chi connectivity index (χ3v) is 5.63. The molecule has 3 N–H and O–H groups in total. The van der Waals surface area contributed by atoms with Gasteiger partial charge in [-0.1, -0.05) is 24.3 Å². The number of carbonyl (C=O) groups is 1. The number of nitrogens with one attached hydrogen (secondary N) is 3. The van der Waals surface area contributed by atoms with Crippen LogP contribution in [0.25, 0.3) is 22.5 Å². The average Bonchev–Trinajstić information content (AvgIpc) is 3.55. The van der Waals surface area contributed by atoms with Crippen LogP contribution in [0, 0.1) is 0 Å². The predicted octanol–water partition coefficient (Wildman–Crippen LogP) is 5.21.